The summed E-state index contributed by atoms with van der Waals surface area (Å²) >= 11 is 0. The van der Waals surface area contributed by atoms with E-state index in [1.54, 1.807) is 0 Å². The predicted octanol–water partition coefficient (Wildman–Crippen LogP) is 2.50. The number of unbranched alkanes of at least 4 members (excludes halogenated alkanes) is 1. The van der Waals surface area contributed by atoms with Gasteiger partial charge in [0.2, 0.25) is 0 Å². The number of hydrogen-bond acceptors (Lipinski definition) is 3. The summed E-state index contributed by atoms with van der Waals surface area (Å²) in [5.74, 6) is 0.720. The molecule has 0 heterocycles. The molecule has 0 spiro atoms. The normalized spacial score (nSPS) is 26.8. The van der Waals surface area contributed by atoms with Crippen molar-refractivity contribution in [3.63, 3.8) is 0 Å². The average Bonchev–Trinajstić information content (AvgIpc) is 2.35. The van der Waals surface area contributed by atoms with Crippen LogP contribution in [0.2, 0.25) is 0 Å². The van der Waals surface area contributed by atoms with Crippen LogP contribution in [0.4, 0.5) is 0 Å². The molecule has 2 unspecified atom stereocenters. The lowest BCUT2D eigenvalue weighted by Crippen LogP contribution is -2.52. The number of nitrogens with zero attached hydrogens (tertiary/aromatic N) is 1. The monoisotopic (exact) mass is 270 g/mol. The molecule has 1 fully saturated rings. The van der Waals surface area contributed by atoms with Gasteiger partial charge in [0.15, 0.2) is 0 Å². The van der Waals surface area contributed by atoms with E-state index >= 15 is 0 Å². The Bertz CT molecular complexity index is 243. The van der Waals surface area contributed by atoms with Crippen LogP contribution in [-0.4, -0.2) is 49.3 Å². The maximum atomic E-state index is 9.23. The van der Waals surface area contributed by atoms with Crippen molar-refractivity contribution in [1.29, 1.82) is 0 Å². The van der Waals surface area contributed by atoms with Crippen LogP contribution in [0.15, 0.2) is 0 Å². The van der Waals surface area contributed by atoms with Gasteiger partial charge in [0, 0.05) is 19.1 Å². The van der Waals surface area contributed by atoms with Crippen LogP contribution in [0.3, 0.4) is 0 Å². The largest absolute Gasteiger partial charge is 0.395 e. The molecule has 1 aliphatic rings. The standard InChI is InChI=1S/C16H34N2O/c1-5-6-10-18(11-12-19)13-14-8-7-9-16(2,3)15(14)17-4/h14-15,17,19H,5-13H2,1-4H3. The van der Waals surface area contributed by atoms with Gasteiger partial charge in [-0.2, -0.15) is 0 Å². The molecule has 0 bridgehead atoms. The van der Waals surface area contributed by atoms with Crippen LogP contribution in [0.1, 0.15) is 52.9 Å². The van der Waals surface area contributed by atoms with E-state index in [1.165, 1.54) is 32.1 Å². The Hall–Kier alpha value is -0.120. The fourth-order valence-corrected chi connectivity index (χ4v) is 3.75. The van der Waals surface area contributed by atoms with Crippen LogP contribution in [-0.2, 0) is 0 Å². The third-order valence-corrected chi connectivity index (χ3v) is 4.76. The van der Waals surface area contributed by atoms with E-state index in [9.17, 15) is 5.11 Å². The summed E-state index contributed by atoms with van der Waals surface area (Å²) in [7, 11) is 2.10. The first-order valence-electron chi connectivity index (χ1n) is 8.05. The minimum atomic E-state index is 0.282. The second-order valence-electron chi connectivity index (χ2n) is 6.79. The first kappa shape index (κ1) is 16.9. The van der Waals surface area contributed by atoms with Crippen LogP contribution < -0.4 is 5.32 Å². The first-order chi connectivity index (χ1) is 9.05. The Morgan fingerprint density at radius 1 is 1.32 bits per heavy atom. The molecule has 19 heavy (non-hydrogen) atoms. The van der Waals surface area contributed by atoms with E-state index in [4.69, 9.17) is 0 Å². The fraction of sp³-hybridized carbons (Fsp3) is 1.00. The van der Waals surface area contributed by atoms with Crippen LogP contribution in [0, 0.1) is 11.3 Å². The van der Waals surface area contributed by atoms with Gasteiger partial charge in [0.05, 0.1) is 6.61 Å². The quantitative estimate of drug-likeness (QED) is 0.711. The molecule has 2 N–H and O–H groups in total. The van der Waals surface area contributed by atoms with Crippen LogP contribution in [0.5, 0.6) is 0 Å². The zero-order chi connectivity index (χ0) is 14.3. The molecule has 0 aromatic heterocycles. The van der Waals surface area contributed by atoms with Gasteiger partial charge in [-0.1, -0.05) is 33.6 Å². The van der Waals surface area contributed by atoms with E-state index in [0.717, 1.165) is 25.6 Å². The van der Waals surface area contributed by atoms with E-state index in [1.807, 2.05) is 0 Å². The molecule has 1 saturated carbocycles. The summed E-state index contributed by atoms with van der Waals surface area (Å²) in [5.41, 5.74) is 0.396. The van der Waals surface area contributed by atoms with E-state index in [0.29, 0.717) is 11.5 Å². The molecule has 1 rings (SSSR count). The molecule has 0 saturated heterocycles. The fourth-order valence-electron chi connectivity index (χ4n) is 3.75. The Balaban J connectivity index is 2.59. The number of rotatable bonds is 8. The minimum Gasteiger partial charge on any atom is -0.395 e. The van der Waals surface area contributed by atoms with Crippen molar-refractivity contribution in [2.24, 2.45) is 11.3 Å². The summed E-state index contributed by atoms with van der Waals surface area (Å²) in [6.45, 7) is 10.4. The molecule has 0 aromatic carbocycles. The van der Waals surface area contributed by atoms with E-state index in [2.05, 4.69) is 38.0 Å². The highest BCUT2D eigenvalue weighted by molar-refractivity contribution is 4.93. The lowest BCUT2D eigenvalue weighted by atomic mass is 9.68. The molecule has 3 nitrogen and oxygen atoms in total. The molecule has 3 heteroatoms. The van der Waals surface area contributed by atoms with Crippen molar-refractivity contribution in [1.82, 2.24) is 10.2 Å². The molecule has 2 atom stereocenters. The number of hydrogen-bond donors (Lipinski definition) is 2. The summed E-state index contributed by atoms with van der Waals surface area (Å²) in [4.78, 5) is 2.46. The Morgan fingerprint density at radius 2 is 2.05 bits per heavy atom. The third kappa shape index (κ3) is 5.05. The summed E-state index contributed by atoms with van der Waals surface area (Å²) in [6, 6.07) is 0.601. The smallest absolute Gasteiger partial charge is 0.0558 e. The van der Waals surface area contributed by atoms with Gasteiger partial charge in [-0.25, -0.2) is 0 Å². The Kier molecular flexibility index (Phi) is 7.33. The Morgan fingerprint density at radius 3 is 2.63 bits per heavy atom. The first-order valence-corrected chi connectivity index (χ1v) is 8.05. The molecule has 0 aromatic rings. The average molecular weight is 270 g/mol. The topological polar surface area (TPSA) is 35.5 Å². The van der Waals surface area contributed by atoms with Crippen molar-refractivity contribution in [3.05, 3.63) is 0 Å². The van der Waals surface area contributed by atoms with Gasteiger partial charge >= 0.3 is 0 Å². The number of aliphatic hydroxyl groups is 1. The van der Waals surface area contributed by atoms with E-state index in [-0.39, 0.29) is 6.61 Å². The highest BCUT2D eigenvalue weighted by Gasteiger charge is 2.38. The van der Waals surface area contributed by atoms with Gasteiger partial charge in [0.25, 0.3) is 0 Å². The maximum absolute atomic E-state index is 9.23. The predicted molar refractivity (Wildman–Crippen MR) is 82.4 cm³/mol. The van der Waals surface area contributed by atoms with Crippen molar-refractivity contribution in [3.8, 4) is 0 Å². The van der Waals surface area contributed by atoms with Gasteiger partial charge in [0.1, 0.15) is 0 Å². The molecular formula is C16H34N2O. The van der Waals surface area contributed by atoms with E-state index < -0.39 is 0 Å². The zero-order valence-electron chi connectivity index (χ0n) is 13.4. The summed E-state index contributed by atoms with van der Waals surface area (Å²) in [5, 5.41) is 12.8. The highest BCUT2D eigenvalue weighted by Crippen LogP contribution is 2.39. The second-order valence-corrected chi connectivity index (χ2v) is 6.79. The summed E-state index contributed by atoms with van der Waals surface area (Å²) in [6.07, 6.45) is 6.46. The van der Waals surface area contributed by atoms with Gasteiger partial charge in [-0.3, -0.25) is 0 Å². The molecular weight excluding hydrogens is 236 g/mol. The summed E-state index contributed by atoms with van der Waals surface area (Å²) < 4.78 is 0. The van der Waals surface area contributed by atoms with Gasteiger partial charge in [-0.05, 0) is 44.2 Å². The van der Waals surface area contributed by atoms with Crippen molar-refractivity contribution in [2.45, 2.75) is 58.9 Å². The number of nitrogens with one attached hydrogen (secondary N) is 1. The van der Waals surface area contributed by atoms with Crippen molar-refractivity contribution in [2.75, 3.05) is 33.3 Å². The van der Waals surface area contributed by atoms with Crippen LogP contribution >= 0.6 is 0 Å². The number of aliphatic hydroxyl groups excluding tert-OH is 1. The molecule has 0 amide bonds. The van der Waals surface area contributed by atoms with Crippen LogP contribution in [0.25, 0.3) is 0 Å². The minimum absolute atomic E-state index is 0.282. The SMILES string of the molecule is CCCCN(CCO)CC1CCCC(C)(C)C1NC. The van der Waals surface area contributed by atoms with Crippen molar-refractivity contribution < 1.29 is 5.11 Å². The lowest BCUT2D eigenvalue weighted by Gasteiger charge is -2.45. The van der Waals surface area contributed by atoms with Gasteiger partial charge < -0.3 is 15.3 Å². The molecule has 1 aliphatic carbocycles. The van der Waals surface area contributed by atoms with Crippen molar-refractivity contribution >= 4 is 0 Å². The van der Waals surface area contributed by atoms with Gasteiger partial charge in [-0.15, -0.1) is 0 Å². The zero-order valence-corrected chi connectivity index (χ0v) is 13.4. The maximum Gasteiger partial charge on any atom is 0.0558 e. The molecule has 114 valence electrons. The Labute approximate surface area is 119 Å². The molecule has 0 aliphatic heterocycles. The molecule has 0 radical (unpaired) electrons. The lowest BCUT2D eigenvalue weighted by molar-refractivity contribution is 0.0765. The second kappa shape index (κ2) is 8.23. The third-order valence-electron chi connectivity index (χ3n) is 4.76. The highest BCUT2D eigenvalue weighted by atomic mass is 16.3.